The van der Waals surface area contributed by atoms with Gasteiger partial charge in [0.05, 0.1) is 6.61 Å². The summed E-state index contributed by atoms with van der Waals surface area (Å²) < 4.78 is 10.6. The molecule has 0 aromatic rings. The number of hydrogen-bond donors (Lipinski definition) is 1. The van der Waals surface area contributed by atoms with Gasteiger partial charge in [0.1, 0.15) is 6.10 Å². The number of carbonyl (C=O) groups excluding carboxylic acids is 3. The van der Waals surface area contributed by atoms with Crippen LogP contribution in [-0.2, 0) is 23.9 Å². The second-order valence-corrected chi connectivity index (χ2v) is 17.2. The number of hydrogen-bond acceptors (Lipinski definition) is 6. The van der Waals surface area contributed by atoms with Crippen molar-refractivity contribution in [3.63, 3.8) is 0 Å². The zero-order valence-electron chi connectivity index (χ0n) is 39.3. The Balaban J connectivity index is 0. The Morgan fingerprint density at radius 3 is 1.33 bits per heavy atom. The van der Waals surface area contributed by atoms with Gasteiger partial charge in [-0.25, -0.2) is 0 Å². The van der Waals surface area contributed by atoms with Crippen LogP contribution in [0.5, 0.6) is 0 Å². The van der Waals surface area contributed by atoms with Crippen molar-refractivity contribution in [3.05, 3.63) is 0 Å². The van der Waals surface area contributed by atoms with Crippen LogP contribution in [0.1, 0.15) is 260 Å². The number of esters is 1. The monoisotopic (exact) mass is 809 g/mol. The maximum atomic E-state index is 12.7. The van der Waals surface area contributed by atoms with Gasteiger partial charge in [0.15, 0.2) is 0 Å². The van der Waals surface area contributed by atoms with Gasteiger partial charge in [0.2, 0.25) is 5.91 Å². The first-order valence-corrected chi connectivity index (χ1v) is 25.1. The van der Waals surface area contributed by atoms with E-state index in [0.717, 1.165) is 58.2 Å². The average Bonchev–Trinajstić information content (AvgIpc) is 3.20. The summed E-state index contributed by atoms with van der Waals surface area (Å²) in [7, 11) is 0. The molecule has 0 rings (SSSR count). The van der Waals surface area contributed by atoms with Gasteiger partial charge in [-0.3, -0.25) is 14.4 Å². The molecule has 0 radical (unpaired) electrons. The molecule has 0 aromatic heterocycles. The fourth-order valence-corrected chi connectivity index (χ4v) is 7.31. The molecule has 7 heteroatoms. The van der Waals surface area contributed by atoms with Gasteiger partial charge in [0, 0.05) is 18.9 Å². The molecule has 0 bridgehead atoms. The maximum absolute atomic E-state index is 12.7. The highest BCUT2D eigenvalue weighted by Gasteiger charge is 2.14. The van der Waals surface area contributed by atoms with Crippen molar-refractivity contribution in [1.29, 1.82) is 0 Å². The van der Waals surface area contributed by atoms with E-state index >= 15 is 0 Å². The standard InChI is InChI=1S/C40H80N2O3.C10H20O2/c1-6-9-12-15-19-24-30-38(31-25-20-16-13-10-7-2)45-39(43)32-26-21-18-23-28-35-42(34-27-22-17-14-11-8-3)36-29-33-41-40(44)37(4)5;1-2-3-4-5-6-7-8-9-12-10-11/h37-38H,6-36H2,1-5H3,(H,41,44);10H,2-9H2,1H3. The Bertz CT molecular complexity index is 807. The number of nitrogens with one attached hydrogen (secondary N) is 1. The number of amides is 1. The Morgan fingerprint density at radius 1 is 0.509 bits per heavy atom. The Kier molecular flexibility index (Phi) is 49.1. The topological polar surface area (TPSA) is 84.9 Å². The summed E-state index contributed by atoms with van der Waals surface area (Å²) in [6, 6.07) is 0. The molecule has 0 saturated heterocycles. The minimum Gasteiger partial charge on any atom is -0.468 e. The number of unbranched alkanes of at least 4 members (excludes halogenated alkanes) is 25. The normalized spacial score (nSPS) is 11.2. The number of carbonyl (C=O) groups is 3. The van der Waals surface area contributed by atoms with Crippen LogP contribution in [0.2, 0.25) is 0 Å². The molecule has 0 heterocycles. The van der Waals surface area contributed by atoms with Gasteiger partial charge in [-0.1, -0.05) is 196 Å². The van der Waals surface area contributed by atoms with E-state index in [1.165, 1.54) is 180 Å². The molecule has 0 aliphatic carbocycles. The Hall–Kier alpha value is -1.63. The van der Waals surface area contributed by atoms with Gasteiger partial charge in [-0.15, -0.1) is 0 Å². The summed E-state index contributed by atoms with van der Waals surface area (Å²) in [4.78, 5) is 37.0. The minimum absolute atomic E-state index is 0.0339. The molecule has 57 heavy (non-hydrogen) atoms. The van der Waals surface area contributed by atoms with Gasteiger partial charge in [0.25, 0.3) is 6.47 Å². The molecule has 0 atom stereocenters. The number of rotatable bonds is 44. The van der Waals surface area contributed by atoms with Crippen LogP contribution >= 0.6 is 0 Å². The van der Waals surface area contributed by atoms with Crippen molar-refractivity contribution >= 4 is 18.3 Å². The molecule has 0 fully saturated rings. The number of ether oxygens (including phenoxy) is 2. The Labute approximate surface area is 356 Å². The molecule has 1 N–H and O–H groups in total. The SMILES string of the molecule is CCCCCCCCC(CCCCCCCC)OC(=O)CCCCCCCN(CCCCCCCC)CCCNC(=O)C(C)C.CCCCCCCCCOC=O. The first-order valence-electron chi connectivity index (χ1n) is 25.1. The summed E-state index contributed by atoms with van der Waals surface area (Å²) in [5.41, 5.74) is 0. The molecule has 0 aliphatic heterocycles. The highest BCUT2D eigenvalue weighted by Crippen LogP contribution is 2.18. The predicted octanol–water partition coefficient (Wildman–Crippen LogP) is 14.5. The van der Waals surface area contributed by atoms with Crippen molar-refractivity contribution < 1.29 is 23.9 Å². The molecule has 0 spiro atoms. The Morgan fingerprint density at radius 2 is 0.895 bits per heavy atom. The van der Waals surface area contributed by atoms with Crippen LogP contribution in [0.15, 0.2) is 0 Å². The summed E-state index contributed by atoms with van der Waals surface area (Å²) in [5, 5.41) is 3.07. The van der Waals surface area contributed by atoms with Gasteiger partial charge in [-0.2, -0.15) is 0 Å². The van der Waals surface area contributed by atoms with Gasteiger partial charge in [-0.05, 0) is 77.4 Å². The summed E-state index contributed by atoms with van der Waals surface area (Å²) in [5.74, 6) is 0.252. The van der Waals surface area contributed by atoms with Crippen LogP contribution in [0.25, 0.3) is 0 Å². The van der Waals surface area contributed by atoms with Crippen LogP contribution in [0, 0.1) is 5.92 Å². The first-order chi connectivity index (χ1) is 27.9. The largest absolute Gasteiger partial charge is 0.468 e. The second-order valence-electron chi connectivity index (χ2n) is 17.2. The van der Waals surface area contributed by atoms with E-state index in [0.29, 0.717) is 19.5 Å². The zero-order valence-corrected chi connectivity index (χ0v) is 39.3. The molecule has 0 aromatic carbocycles. The van der Waals surface area contributed by atoms with Crippen molar-refractivity contribution in [2.75, 3.05) is 32.8 Å². The van der Waals surface area contributed by atoms with Crippen LogP contribution in [0.3, 0.4) is 0 Å². The minimum atomic E-state index is 0.0339. The molecule has 7 nitrogen and oxygen atoms in total. The third-order valence-electron chi connectivity index (χ3n) is 11.1. The third kappa shape index (κ3) is 46.9. The lowest BCUT2D eigenvalue weighted by Crippen LogP contribution is -2.33. The lowest BCUT2D eigenvalue weighted by Gasteiger charge is -2.22. The zero-order chi connectivity index (χ0) is 42.3. The average molecular weight is 809 g/mol. The summed E-state index contributed by atoms with van der Waals surface area (Å²) in [6.07, 6.45) is 41.9. The molecule has 0 unspecified atom stereocenters. The molecular formula is C50H100N2O5. The first kappa shape index (κ1) is 57.5. The highest BCUT2D eigenvalue weighted by molar-refractivity contribution is 5.77. The molecular weight excluding hydrogens is 709 g/mol. The van der Waals surface area contributed by atoms with E-state index < -0.39 is 0 Å². The van der Waals surface area contributed by atoms with Crippen molar-refractivity contribution in [1.82, 2.24) is 10.2 Å². The van der Waals surface area contributed by atoms with E-state index in [9.17, 15) is 14.4 Å². The molecule has 0 saturated carbocycles. The van der Waals surface area contributed by atoms with Gasteiger partial charge < -0.3 is 19.7 Å². The van der Waals surface area contributed by atoms with Crippen molar-refractivity contribution in [2.24, 2.45) is 5.92 Å². The van der Waals surface area contributed by atoms with E-state index in [4.69, 9.17) is 4.74 Å². The van der Waals surface area contributed by atoms with Crippen LogP contribution < -0.4 is 5.32 Å². The quantitative estimate of drug-likeness (QED) is 0.0375. The third-order valence-corrected chi connectivity index (χ3v) is 11.1. The lowest BCUT2D eigenvalue weighted by atomic mass is 10.0. The fraction of sp³-hybridized carbons (Fsp3) is 0.940. The summed E-state index contributed by atoms with van der Waals surface area (Å²) in [6.45, 7) is 18.2. The predicted molar refractivity (Wildman–Crippen MR) is 246 cm³/mol. The van der Waals surface area contributed by atoms with Crippen molar-refractivity contribution in [3.8, 4) is 0 Å². The maximum Gasteiger partial charge on any atom is 0.306 e. The fourth-order valence-electron chi connectivity index (χ4n) is 7.31. The van der Waals surface area contributed by atoms with Crippen LogP contribution in [-0.4, -0.2) is 62.1 Å². The summed E-state index contributed by atoms with van der Waals surface area (Å²) >= 11 is 0. The van der Waals surface area contributed by atoms with E-state index in [1.54, 1.807) is 0 Å². The second kappa shape index (κ2) is 48.7. The number of nitrogens with zero attached hydrogens (tertiary/aromatic N) is 1. The van der Waals surface area contributed by atoms with Crippen LogP contribution in [0.4, 0.5) is 0 Å². The molecule has 340 valence electrons. The van der Waals surface area contributed by atoms with E-state index in [2.05, 4.69) is 42.6 Å². The van der Waals surface area contributed by atoms with Gasteiger partial charge >= 0.3 is 5.97 Å². The molecule has 0 aliphatic rings. The molecule has 1 amide bonds. The smallest absolute Gasteiger partial charge is 0.306 e. The van der Waals surface area contributed by atoms with Crippen molar-refractivity contribution in [2.45, 2.75) is 266 Å². The van der Waals surface area contributed by atoms with E-state index in [-0.39, 0.29) is 23.9 Å². The highest BCUT2D eigenvalue weighted by atomic mass is 16.5. The lowest BCUT2D eigenvalue weighted by molar-refractivity contribution is -0.150. The van der Waals surface area contributed by atoms with E-state index in [1.807, 2.05) is 13.8 Å².